The van der Waals surface area contributed by atoms with Crippen LogP contribution in [0.3, 0.4) is 0 Å². The molecule has 0 saturated heterocycles. The van der Waals surface area contributed by atoms with Gasteiger partial charge in [0.25, 0.3) is 0 Å². The number of benzene rings is 2. The lowest BCUT2D eigenvalue weighted by molar-refractivity contribution is -0.115. The Balaban J connectivity index is 1.87. The van der Waals surface area contributed by atoms with Gasteiger partial charge in [-0.1, -0.05) is 54.2 Å². The molecule has 0 aliphatic rings. The van der Waals surface area contributed by atoms with Crippen LogP contribution in [-0.4, -0.2) is 32.4 Å². The predicted octanol–water partition coefficient (Wildman–Crippen LogP) is 3.54. The van der Waals surface area contributed by atoms with Crippen LogP contribution in [0.1, 0.15) is 33.7 Å². The second-order valence-corrected chi connectivity index (χ2v) is 7.21. The van der Waals surface area contributed by atoms with Gasteiger partial charge in [-0.15, -0.1) is 5.10 Å². The highest BCUT2D eigenvalue weighted by molar-refractivity contribution is 7.99. The van der Waals surface area contributed by atoms with E-state index in [1.165, 1.54) is 17.8 Å². The van der Waals surface area contributed by atoms with Crippen LogP contribution in [-0.2, 0) is 11.2 Å². The van der Waals surface area contributed by atoms with E-state index in [0.29, 0.717) is 16.3 Å². The SMILES string of the molecule is CC(Sc1cn[nH]n1)c1cccc(C(=O)O)c1NC(=O)Cc1ccccc1. The van der Waals surface area contributed by atoms with Crippen LogP contribution < -0.4 is 5.32 Å². The van der Waals surface area contributed by atoms with Crippen LogP contribution >= 0.6 is 11.8 Å². The van der Waals surface area contributed by atoms with Crippen LogP contribution in [0, 0.1) is 0 Å². The van der Waals surface area contributed by atoms with Gasteiger partial charge in [0, 0.05) is 5.25 Å². The molecule has 3 N–H and O–H groups in total. The van der Waals surface area contributed by atoms with Crippen molar-refractivity contribution in [3.63, 3.8) is 0 Å². The van der Waals surface area contributed by atoms with E-state index in [2.05, 4.69) is 20.7 Å². The summed E-state index contributed by atoms with van der Waals surface area (Å²) in [6.45, 7) is 1.92. The zero-order valence-corrected chi connectivity index (χ0v) is 15.4. The molecule has 1 aromatic heterocycles. The maximum Gasteiger partial charge on any atom is 0.337 e. The third-order valence-corrected chi connectivity index (χ3v) is 4.97. The Morgan fingerprint density at radius 1 is 1.19 bits per heavy atom. The van der Waals surface area contributed by atoms with E-state index >= 15 is 0 Å². The molecule has 1 atom stereocenters. The minimum absolute atomic E-state index is 0.0570. The molecule has 0 bridgehead atoms. The molecule has 1 heterocycles. The van der Waals surface area contributed by atoms with Gasteiger partial charge in [-0.25, -0.2) is 4.79 Å². The number of thioether (sulfide) groups is 1. The number of amides is 1. The Morgan fingerprint density at radius 2 is 1.96 bits per heavy atom. The third kappa shape index (κ3) is 4.73. The quantitative estimate of drug-likeness (QED) is 0.540. The monoisotopic (exact) mass is 382 g/mol. The second-order valence-electron chi connectivity index (χ2n) is 5.85. The van der Waals surface area contributed by atoms with Crippen molar-refractivity contribution in [1.82, 2.24) is 15.4 Å². The third-order valence-electron chi connectivity index (χ3n) is 3.93. The molecule has 138 valence electrons. The number of aromatic nitrogens is 3. The van der Waals surface area contributed by atoms with Crippen molar-refractivity contribution in [2.75, 3.05) is 5.32 Å². The first-order chi connectivity index (χ1) is 13.0. The number of para-hydroxylation sites is 1. The maximum atomic E-state index is 12.5. The van der Waals surface area contributed by atoms with Gasteiger partial charge in [0.05, 0.1) is 23.9 Å². The molecule has 0 saturated carbocycles. The fourth-order valence-electron chi connectivity index (χ4n) is 2.68. The van der Waals surface area contributed by atoms with Gasteiger partial charge in [0.15, 0.2) is 0 Å². The number of hydrogen-bond donors (Lipinski definition) is 3. The highest BCUT2D eigenvalue weighted by Crippen LogP contribution is 2.38. The maximum absolute atomic E-state index is 12.5. The van der Waals surface area contributed by atoms with Gasteiger partial charge in [0.2, 0.25) is 5.91 Å². The summed E-state index contributed by atoms with van der Waals surface area (Å²) in [6.07, 6.45) is 1.76. The number of aromatic amines is 1. The number of hydrogen-bond acceptors (Lipinski definition) is 5. The molecule has 27 heavy (non-hydrogen) atoms. The minimum Gasteiger partial charge on any atom is -0.478 e. The van der Waals surface area contributed by atoms with Crippen molar-refractivity contribution >= 4 is 29.3 Å². The number of aromatic carboxylic acids is 1. The van der Waals surface area contributed by atoms with Gasteiger partial charge >= 0.3 is 5.97 Å². The van der Waals surface area contributed by atoms with Crippen molar-refractivity contribution in [3.05, 3.63) is 71.4 Å². The standard InChI is InChI=1S/C19H18N4O3S/c1-12(27-17-11-20-23-22-17)14-8-5-9-15(19(25)26)18(14)21-16(24)10-13-6-3-2-4-7-13/h2-9,11-12H,10H2,1H3,(H,21,24)(H,25,26)(H,20,22,23). The van der Waals surface area contributed by atoms with Crippen LogP contribution in [0.25, 0.3) is 0 Å². The number of rotatable bonds is 7. The molecule has 1 amide bonds. The summed E-state index contributed by atoms with van der Waals surface area (Å²) in [7, 11) is 0. The topological polar surface area (TPSA) is 108 Å². The molecular weight excluding hydrogens is 364 g/mol. The number of nitrogens with one attached hydrogen (secondary N) is 2. The fraction of sp³-hybridized carbons (Fsp3) is 0.158. The minimum atomic E-state index is -1.09. The zero-order chi connectivity index (χ0) is 19.2. The van der Waals surface area contributed by atoms with Crippen LogP contribution in [0.15, 0.2) is 59.8 Å². The van der Waals surface area contributed by atoms with E-state index in [1.54, 1.807) is 12.3 Å². The van der Waals surface area contributed by atoms with E-state index in [4.69, 9.17) is 0 Å². The Labute approximate surface area is 160 Å². The molecule has 2 aromatic carbocycles. The van der Waals surface area contributed by atoms with E-state index in [9.17, 15) is 14.7 Å². The lowest BCUT2D eigenvalue weighted by Crippen LogP contribution is -2.18. The van der Waals surface area contributed by atoms with Gasteiger partial charge in [-0.05, 0) is 24.1 Å². The first-order valence-electron chi connectivity index (χ1n) is 8.27. The molecule has 3 rings (SSSR count). The first kappa shape index (κ1) is 18.7. The summed E-state index contributed by atoms with van der Waals surface area (Å²) in [5, 5.41) is 23.2. The smallest absolute Gasteiger partial charge is 0.337 e. The number of H-pyrrole nitrogens is 1. The number of nitrogens with zero attached hydrogens (tertiary/aromatic N) is 2. The van der Waals surface area contributed by atoms with Gasteiger partial charge < -0.3 is 10.4 Å². The summed E-state index contributed by atoms with van der Waals surface area (Å²) >= 11 is 1.42. The second kappa shape index (κ2) is 8.50. The number of carboxylic acids is 1. The van der Waals surface area contributed by atoms with E-state index in [-0.39, 0.29) is 23.1 Å². The van der Waals surface area contributed by atoms with E-state index in [0.717, 1.165) is 5.56 Å². The Hall–Kier alpha value is -3.13. The molecule has 1 unspecified atom stereocenters. The summed E-state index contributed by atoms with van der Waals surface area (Å²) in [6, 6.07) is 14.3. The molecule has 8 heteroatoms. The van der Waals surface area contributed by atoms with E-state index in [1.807, 2.05) is 43.3 Å². The summed E-state index contributed by atoms with van der Waals surface area (Å²) in [5.41, 5.74) is 1.94. The number of carbonyl (C=O) groups excluding carboxylic acids is 1. The van der Waals surface area contributed by atoms with Crippen molar-refractivity contribution in [2.24, 2.45) is 0 Å². The van der Waals surface area contributed by atoms with Crippen LogP contribution in [0.2, 0.25) is 0 Å². The molecule has 0 spiro atoms. The van der Waals surface area contributed by atoms with Gasteiger partial charge in [-0.2, -0.15) is 10.3 Å². The van der Waals surface area contributed by atoms with Crippen molar-refractivity contribution < 1.29 is 14.7 Å². The lowest BCUT2D eigenvalue weighted by atomic mass is 10.0. The average Bonchev–Trinajstić information content (AvgIpc) is 3.15. The molecule has 0 fully saturated rings. The fourth-order valence-corrected chi connectivity index (χ4v) is 3.58. The predicted molar refractivity (Wildman–Crippen MR) is 103 cm³/mol. The molecule has 7 nitrogen and oxygen atoms in total. The van der Waals surface area contributed by atoms with Gasteiger partial charge in [-0.3, -0.25) is 4.79 Å². The van der Waals surface area contributed by atoms with Gasteiger partial charge in [0.1, 0.15) is 5.03 Å². The van der Waals surface area contributed by atoms with Crippen LogP contribution in [0.5, 0.6) is 0 Å². The van der Waals surface area contributed by atoms with Crippen LogP contribution in [0.4, 0.5) is 5.69 Å². The summed E-state index contributed by atoms with van der Waals surface area (Å²) < 4.78 is 0. The molecule has 3 aromatic rings. The Morgan fingerprint density at radius 3 is 2.63 bits per heavy atom. The Bertz CT molecular complexity index is 929. The Kier molecular flexibility index (Phi) is 5.87. The van der Waals surface area contributed by atoms with Crippen molar-refractivity contribution in [3.8, 4) is 0 Å². The molecule has 0 radical (unpaired) electrons. The molecule has 0 aliphatic carbocycles. The number of carboxylic acid groups (broad SMARTS) is 1. The number of anilines is 1. The highest BCUT2D eigenvalue weighted by Gasteiger charge is 2.21. The molecular formula is C19H18N4O3S. The highest BCUT2D eigenvalue weighted by atomic mass is 32.2. The zero-order valence-electron chi connectivity index (χ0n) is 14.5. The summed E-state index contributed by atoms with van der Waals surface area (Å²) in [5.74, 6) is -1.36. The normalized spacial score (nSPS) is 11.7. The van der Waals surface area contributed by atoms with Crippen molar-refractivity contribution in [2.45, 2.75) is 23.6 Å². The van der Waals surface area contributed by atoms with E-state index < -0.39 is 5.97 Å². The lowest BCUT2D eigenvalue weighted by Gasteiger charge is -2.18. The molecule has 0 aliphatic heterocycles. The summed E-state index contributed by atoms with van der Waals surface area (Å²) in [4.78, 5) is 24.2. The largest absolute Gasteiger partial charge is 0.478 e. The van der Waals surface area contributed by atoms with Crippen molar-refractivity contribution in [1.29, 1.82) is 0 Å². The number of carbonyl (C=O) groups is 2. The average molecular weight is 382 g/mol. The first-order valence-corrected chi connectivity index (χ1v) is 9.15.